The lowest BCUT2D eigenvalue weighted by atomic mass is 9.93. The van der Waals surface area contributed by atoms with Crippen molar-refractivity contribution in [3.8, 4) is 22.9 Å². The number of carbonyl (C=O) groups excluding carboxylic acids is 2. The third-order valence-corrected chi connectivity index (χ3v) is 7.07. The van der Waals surface area contributed by atoms with Gasteiger partial charge < -0.3 is 30.2 Å². The van der Waals surface area contributed by atoms with E-state index in [-0.39, 0.29) is 41.8 Å². The molecule has 3 unspecified atom stereocenters. The molecule has 4 aromatic rings. The summed E-state index contributed by atoms with van der Waals surface area (Å²) in [5, 5.41) is 30.4. The number of nitrogen functional groups attached to an aromatic ring is 1. The van der Waals surface area contributed by atoms with Gasteiger partial charge >= 0.3 is 5.97 Å². The third-order valence-electron chi connectivity index (χ3n) is 7.07. The number of anilines is 1. The molecule has 40 heavy (non-hydrogen) atoms. The monoisotopic (exact) mass is 549 g/mol. The smallest absolute Gasteiger partial charge is 0.316 e. The van der Waals surface area contributed by atoms with Crippen LogP contribution in [0.1, 0.15) is 44.4 Å². The number of nitrogens with two attached hydrogens (primary N) is 1. The van der Waals surface area contributed by atoms with E-state index in [4.69, 9.17) is 19.7 Å². The minimum absolute atomic E-state index is 0.0777. The molecule has 4 heterocycles. The molecule has 0 aliphatic carbocycles. The number of Topliss-reactive ketones (excluding diaryl/α,β-unsaturated/α-hetero) is 1. The molecule has 13 heteroatoms. The van der Waals surface area contributed by atoms with Gasteiger partial charge in [0, 0.05) is 11.6 Å². The lowest BCUT2D eigenvalue weighted by Crippen LogP contribution is -2.46. The molecule has 210 valence electrons. The van der Waals surface area contributed by atoms with Crippen molar-refractivity contribution in [1.82, 2.24) is 30.5 Å². The summed E-state index contributed by atoms with van der Waals surface area (Å²) in [5.74, 6) is -0.541. The number of nitrogens with one attached hydrogen (secondary N) is 1. The largest absolute Gasteiger partial charge is 0.507 e. The Labute approximate surface area is 229 Å². The number of carbonyl (C=O) groups is 2. The number of piperidine rings is 1. The van der Waals surface area contributed by atoms with Crippen molar-refractivity contribution in [3.05, 3.63) is 42.2 Å². The molecule has 0 radical (unpaired) electrons. The maximum atomic E-state index is 13.1. The number of aromatic hydroxyl groups is 1. The van der Waals surface area contributed by atoms with Gasteiger partial charge in [-0.2, -0.15) is 5.10 Å². The molecule has 13 nitrogen and oxygen atoms in total. The molecular weight excluding hydrogens is 518 g/mol. The highest BCUT2D eigenvalue weighted by molar-refractivity contribution is 5.88. The van der Waals surface area contributed by atoms with Gasteiger partial charge in [0.1, 0.15) is 18.3 Å². The predicted octanol–water partition coefficient (Wildman–Crippen LogP) is 2.62. The van der Waals surface area contributed by atoms with Crippen molar-refractivity contribution < 1.29 is 28.7 Å². The topological polar surface area (TPSA) is 181 Å². The highest BCUT2D eigenvalue weighted by Crippen LogP contribution is 2.33. The molecule has 1 aliphatic rings. The maximum Gasteiger partial charge on any atom is 0.316 e. The van der Waals surface area contributed by atoms with E-state index in [9.17, 15) is 14.7 Å². The first-order valence-electron chi connectivity index (χ1n) is 13.0. The first kappa shape index (κ1) is 27.1. The van der Waals surface area contributed by atoms with Gasteiger partial charge in [0.25, 0.3) is 5.88 Å². The molecule has 3 atom stereocenters. The van der Waals surface area contributed by atoms with Gasteiger partial charge in [0.15, 0.2) is 22.9 Å². The quantitative estimate of drug-likeness (QED) is 0.260. The summed E-state index contributed by atoms with van der Waals surface area (Å²) in [6.45, 7) is 4.09. The number of nitrogens with zero attached hydrogens (tertiary/aromatic N) is 5. The first-order chi connectivity index (χ1) is 19.3. The number of rotatable bonds is 9. The Hall–Kier alpha value is -4.52. The molecule has 4 N–H and O–H groups in total. The van der Waals surface area contributed by atoms with Crippen LogP contribution in [0.2, 0.25) is 0 Å². The van der Waals surface area contributed by atoms with Crippen LogP contribution in [-0.4, -0.2) is 68.3 Å². The number of ether oxygens (including phenoxy) is 2. The van der Waals surface area contributed by atoms with Crippen LogP contribution in [0.4, 0.5) is 5.82 Å². The van der Waals surface area contributed by atoms with Crippen LogP contribution in [0.3, 0.4) is 0 Å². The number of para-hydroxylation sites is 1. The summed E-state index contributed by atoms with van der Waals surface area (Å²) in [4.78, 5) is 25.2. The van der Waals surface area contributed by atoms with Gasteiger partial charge in [-0.25, -0.2) is 0 Å². The van der Waals surface area contributed by atoms with Crippen LogP contribution in [-0.2, 0) is 14.3 Å². The Morgan fingerprint density at radius 1 is 1.25 bits per heavy atom. The molecule has 1 aliphatic heterocycles. The normalized spacial score (nSPS) is 18.1. The summed E-state index contributed by atoms with van der Waals surface area (Å²) in [6, 6.07) is 9.55. The second-order valence-corrected chi connectivity index (χ2v) is 10.1. The molecule has 1 fully saturated rings. The minimum Gasteiger partial charge on any atom is -0.507 e. The summed E-state index contributed by atoms with van der Waals surface area (Å²) in [6.07, 6.45) is 1.17. The van der Waals surface area contributed by atoms with Gasteiger partial charge in [0.05, 0.1) is 30.4 Å². The second-order valence-electron chi connectivity index (χ2n) is 10.1. The number of esters is 1. The lowest BCUT2D eigenvalue weighted by molar-refractivity contribution is -0.144. The van der Waals surface area contributed by atoms with Crippen LogP contribution in [0.5, 0.6) is 11.6 Å². The van der Waals surface area contributed by atoms with E-state index in [1.54, 1.807) is 35.0 Å². The molecule has 1 saturated heterocycles. The number of hydrogen-bond acceptors (Lipinski definition) is 12. The van der Waals surface area contributed by atoms with E-state index in [0.29, 0.717) is 47.4 Å². The van der Waals surface area contributed by atoms with E-state index in [1.807, 2.05) is 13.8 Å². The first-order valence-corrected chi connectivity index (χ1v) is 13.0. The number of hydrogen-bond donors (Lipinski definition) is 3. The van der Waals surface area contributed by atoms with Gasteiger partial charge in [0.2, 0.25) is 0 Å². The Bertz CT molecular complexity index is 1530. The van der Waals surface area contributed by atoms with Crippen molar-refractivity contribution in [1.29, 1.82) is 0 Å². The van der Waals surface area contributed by atoms with Gasteiger partial charge in [-0.3, -0.25) is 14.3 Å². The van der Waals surface area contributed by atoms with Crippen molar-refractivity contribution >= 4 is 28.6 Å². The minimum atomic E-state index is -0.626. The van der Waals surface area contributed by atoms with Crippen molar-refractivity contribution in [2.75, 3.05) is 26.0 Å². The average molecular weight is 550 g/mol. The Morgan fingerprint density at radius 3 is 2.80 bits per heavy atom. The molecule has 3 aromatic heterocycles. The molecule has 0 saturated carbocycles. The van der Waals surface area contributed by atoms with Crippen molar-refractivity contribution in [2.24, 2.45) is 5.92 Å². The highest BCUT2D eigenvalue weighted by Gasteiger charge is 2.32. The fourth-order valence-corrected chi connectivity index (χ4v) is 5.00. The number of phenols is 1. The summed E-state index contributed by atoms with van der Waals surface area (Å²) >= 11 is 0. The van der Waals surface area contributed by atoms with Crippen molar-refractivity contribution in [2.45, 2.75) is 44.7 Å². The zero-order valence-electron chi connectivity index (χ0n) is 22.4. The number of fused-ring (bicyclic) bond motifs is 1. The molecule has 5 rings (SSSR count). The lowest BCUT2D eigenvalue weighted by Gasteiger charge is -2.29. The Morgan fingerprint density at radius 2 is 2.05 bits per heavy atom. The standard InChI is InChI=1S/C27H31N7O6/c1-14(2)24(27(37)38-3)22-12-23(33-40-22)39-13-21(36)18-10-15(8-9-29-18)34-19-11-17(16-6-4-5-7-20(16)35)30-31-25(19)26(28)32-34/h4-7,11-12,14-15,18,24,29,35H,8-10,13H2,1-3H3,(H2,28,32). The van der Waals surface area contributed by atoms with Crippen molar-refractivity contribution in [3.63, 3.8) is 0 Å². The van der Waals surface area contributed by atoms with Crippen LogP contribution in [0, 0.1) is 5.92 Å². The Balaban J connectivity index is 1.29. The zero-order valence-corrected chi connectivity index (χ0v) is 22.4. The van der Waals surface area contributed by atoms with Crippen LogP contribution in [0.25, 0.3) is 22.3 Å². The van der Waals surface area contributed by atoms with Gasteiger partial charge in [-0.1, -0.05) is 26.0 Å². The number of aromatic nitrogens is 5. The number of phenolic OH excluding ortho intramolecular Hbond substituents is 1. The zero-order chi connectivity index (χ0) is 28.4. The van der Waals surface area contributed by atoms with E-state index in [2.05, 4.69) is 25.8 Å². The second kappa shape index (κ2) is 11.3. The molecule has 0 amide bonds. The number of methoxy groups -OCH3 is 1. The fraction of sp³-hybridized carbons (Fsp3) is 0.407. The summed E-state index contributed by atoms with van der Waals surface area (Å²) in [5.41, 5.74) is 8.30. The maximum absolute atomic E-state index is 13.1. The summed E-state index contributed by atoms with van der Waals surface area (Å²) in [7, 11) is 1.31. The van der Waals surface area contributed by atoms with Gasteiger partial charge in [-0.15, -0.1) is 10.2 Å². The fourth-order valence-electron chi connectivity index (χ4n) is 5.00. The number of ketones is 1. The highest BCUT2D eigenvalue weighted by atomic mass is 16.5. The Kier molecular flexibility index (Phi) is 7.65. The van der Waals surface area contributed by atoms with Gasteiger partial charge in [-0.05, 0) is 48.7 Å². The third kappa shape index (κ3) is 5.32. The number of benzene rings is 1. The van der Waals surface area contributed by atoms with E-state index in [1.165, 1.54) is 13.2 Å². The van der Waals surface area contributed by atoms with Crippen LogP contribution >= 0.6 is 0 Å². The van der Waals surface area contributed by atoms with E-state index in [0.717, 1.165) is 0 Å². The van der Waals surface area contributed by atoms with E-state index < -0.39 is 17.9 Å². The van der Waals surface area contributed by atoms with Crippen LogP contribution in [0.15, 0.2) is 40.9 Å². The molecule has 1 aromatic carbocycles. The SMILES string of the molecule is COC(=O)C(c1cc(OCC(=O)C2CC(n3nc(N)c4nnc(-c5ccccc5O)cc43)CCN2)no1)C(C)C. The summed E-state index contributed by atoms with van der Waals surface area (Å²) < 4.78 is 17.6. The molecule has 0 bridgehead atoms. The average Bonchev–Trinajstić information content (AvgIpc) is 3.55. The van der Waals surface area contributed by atoms with E-state index >= 15 is 0 Å². The molecular formula is C27H31N7O6. The van der Waals surface area contributed by atoms with Crippen LogP contribution < -0.4 is 15.8 Å². The predicted molar refractivity (Wildman–Crippen MR) is 143 cm³/mol. The molecule has 0 spiro atoms.